The number of hydrogen-bond acceptors (Lipinski definition) is 3. The van der Waals surface area contributed by atoms with E-state index >= 15 is 0 Å². The molecule has 3 rings (SSSR count). The van der Waals surface area contributed by atoms with Gasteiger partial charge >= 0.3 is 0 Å². The molecule has 0 saturated heterocycles. The van der Waals surface area contributed by atoms with Gasteiger partial charge in [-0.3, -0.25) is 0 Å². The maximum Gasteiger partial charge on any atom is 0.146 e. The van der Waals surface area contributed by atoms with Gasteiger partial charge in [0.1, 0.15) is 11.3 Å². The highest BCUT2D eigenvalue weighted by atomic mass is 32.1. The molecule has 0 bridgehead atoms. The van der Waals surface area contributed by atoms with Crippen LogP contribution in [-0.2, 0) is 0 Å². The molecule has 0 unspecified atom stereocenters. The molecule has 16 heavy (non-hydrogen) atoms. The second-order valence-corrected chi connectivity index (χ2v) is 5.54. The fourth-order valence-electron chi connectivity index (χ4n) is 2.05. The van der Waals surface area contributed by atoms with Gasteiger partial charge in [0, 0.05) is 0 Å². The highest BCUT2D eigenvalue weighted by molar-refractivity contribution is 7.18. The number of aromatic nitrogens is 1. The Morgan fingerprint density at radius 2 is 2.25 bits per heavy atom. The first-order valence-corrected chi connectivity index (χ1v) is 6.63. The SMILES string of the molecule is CCOc1cc(C2CC2)cc2sc(C)nc12. The first-order valence-electron chi connectivity index (χ1n) is 5.82. The van der Waals surface area contributed by atoms with Crippen LogP contribution in [0.5, 0.6) is 5.75 Å². The van der Waals surface area contributed by atoms with Crippen LogP contribution in [0.15, 0.2) is 12.1 Å². The first-order chi connectivity index (χ1) is 7.78. The van der Waals surface area contributed by atoms with Gasteiger partial charge in [0.25, 0.3) is 0 Å². The van der Waals surface area contributed by atoms with Crippen molar-refractivity contribution in [3.8, 4) is 5.75 Å². The highest BCUT2D eigenvalue weighted by Gasteiger charge is 2.25. The van der Waals surface area contributed by atoms with Crippen molar-refractivity contribution >= 4 is 21.6 Å². The van der Waals surface area contributed by atoms with Gasteiger partial charge in [-0.1, -0.05) is 0 Å². The predicted molar refractivity (Wildman–Crippen MR) is 67.5 cm³/mol. The standard InChI is InChI=1S/C13H15NOS/c1-3-15-11-6-10(9-4-5-9)7-12-13(11)14-8(2)16-12/h6-7,9H,3-5H2,1-2H3. The van der Waals surface area contributed by atoms with E-state index in [2.05, 4.69) is 24.0 Å². The summed E-state index contributed by atoms with van der Waals surface area (Å²) in [4.78, 5) is 4.55. The van der Waals surface area contributed by atoms with E-state index in [1.54, 1.807) is 11.3 Å². The molecular formula is C13H15NOS. The number of nitrogens with zero attached hydrogens (tertiary/aromatic N) is 1. The number of aryl methyl sites for hydroxylation is 1. The molecule has 0 radical (unpaired) electrons. The molecule has 1 fully saturated rings. The van der Waals surface area contributed by atoms with Crippen molar-refractivity contribution < 1.29 is 4.74 Å². The van der Waals surface area contributed by atoms with Crippen LogP contribution in [0.2, 0.25) is 0 Å². The molecular weight excluding hydrogens is 218 g/mol. The smallest absolute Gasteiger partial charge is 0.146 e. The van der Waals surface area contributed by atoms with Crippen LogP contribution in [0, 0.1) is 6.92 Å². The summed E-state index contributed by atoms with van der Waals surface area (Å²) in [5, 5.41) is 1.11. The molecule has 1 saturated carbocycles. The Morgan fingerprint density at radius 3 is 2.94 bits per heavy atom. The number of rotatable bonds is 3. The van der Waals surface area contributed by atoms with Crippen LogP contribution in [0.4, 0.5) is 0 Å². The second kappa shape index (κ2) is 3.74. The lowest BCUT2D eigenvalue weighted by molar-refractivity contribution is 0.343. The van der Waals surface area contributed by atoms with Crippen molar-refractivity contribution in [2.75, 3.05) is 6.61 Å². The number of ether oxygens (including phenoxy) is 1. The fourth-order valence-corrected chi connectivity index (χ4v) is 2.94. The fraction of sp³-hybridized carbons (Fsp3) is 0.462. The summed E-state index contributed by atoms with van der Waals surface area (Å²) in [5.41, 5.74) is 2.47. The maximum absolute atomic E-state index is 5.70. The van der Waals surface area contributed by atoms with Gasteiger partial charge in [-0.25, -0.2) is 4.98 Å². The molecule has 0 spiro atoms. The van der Waals surface area contributed by atoms with E-state index in [9.17, 15) is 0 Å². The zero-order valence-corrected chi connectivity index (χ0v) is 10.4. The molecule has 0 aliphatic heterocycles. The zero-order valence-electron chi connectivity index (χ0n) is 9.62. The summed E-state index contributed by atoms with van der Waals surface area (Å²) in [7, 11) is 0. The van der Waals surface area contributed by atoms with E-state index in [1.807, 2.05) is 6.92 Å². The normalized spacial score (nSPS) is 15.6. The molecule has 1 aliphatic carbocycles. The van der Waals surface area contributed by atoms with Crippen molar-refractivity contribution in [2.24, 2.45) is 0 Å². The quantitative estimate of drug-likeness (QED) is 0.802. The lowest BCUT2D eigenvalue weighted by Gasteiger charge is -2.06. The van der Waals surface area contributed by atoms with E-state index < -0.39 is 0 Å². The molecule has 1 heterocycles. The zero-order chi connectivity index (χ0) is 11.1. The van der Waals surface area contributed by atoms with Crippen molar-refractivity contribution in [1.29, 1.82) is 0 Å². The third-order valence-electron chi connectivity index (χ3n) is 2.94. The largest absolute Gasteiger partial charge is 0.492 e. The van der Waals surface area contributed by atoms with E-state index in [0.717, 1.165) is 22.2 Å². The Bertz CT molecular complexity index is 528. The Kier molecular flexibility index (Phi) is 2.36. The molecule has 0 amide bonds. The average Bonchev–Trinajstić information content (AvgIpc) is 3.01. The van der Waals surface area contributed by atoms with Crippen molar-refractivity contribution in [2.45, 2.75) is 32.6 Å². The Balaban J connectivity index is 2.17. The topological polar surface area (TPSA) is 22.1 Å². The Hall–Kier alpha value is -1.09. The van der Waals surface area contributed by atoms with Crippen LogP contribution in [0.1, 0.15) is 36.3 Å². The Labute approximate surface area is 99.3 Å². The highest BCUT2D eigenvalue weighted by Crippen LogP contribution is 2.43. The predicted octanol–water partition coefficient (Wildman–Crippen LogP) is 3.88. The van der Waals surface area contributed by atoms with Crippen molar-refractivity contribution in [3.05, 3.63) is 22.7 Å². The van der Waals surface area contributed by atoms with Gasteiger partial charge in [0.2, 0.25) is 0 Å². The minimum Gasteiger partial charge on any atom is -0.492 e. The summed E-state index contributed by atoms with van der Waals surface area (Å²) in [6, 6.07) is 4.48. The number of fused-ring (bicyclic) bond motifs is 1. The lowest BCUT2D eigenvalue weighted by atomic mass is 10.1. The monoisotopic (exact) mass is 233 g/mol. The van der Waals surface area contributed by atoms with Gasteiger partial charge < -0.3 is 4.74 Å². The lowest BCUT2D eigenvalue weighted by Crippen LogP contribution is -1.93. The van der Waals surface area contributed by atoms with Gasteiger partial charge in [0.05, 0.1) is 16.3 Å². The van der Waals surface area contributed by atoms with Gasteiger partial charge in [-0.05, 0) is 50.3 Å². The number of thiazole rings is 1. The van der Waals surface area contributed by atoms with Gasteiger partial charge in [-0.15, -0.1) is 11.3 Å². The van der Waals surface area contributed by atoms with Gasteiger partial charge in [-0.2, -0.15) is 0 Å². The minimum absolute atomic E-state index is 0.708. The van der Waals surface area contributed by atoms with E-state index in [4.69, 9.17) is 4.74 Å². The average molecular weight is 233 g/mol. The molecule has 2 nitrogen and oxygen atoms in total. The van der Waals surface area contributed by atoms with Crippen LogP contribution < -0.4 is 4.74 Å². The summed E-state index contributed by atoms with van der Waals surface area (Å²) in [5.74, 6) is 1.73. The molecule has 2 aromatic rings. The molecule has 1 aromatic carbocycles. The van der Waals surface area contributed by atoms with Crippen molar-refractivity contribution in [3.63, 3.8) is 0 Å². The Morgan fingerprint density at radius 1 is 1.44 bits per heavy atom. The molecule has 0 atom stereocenters. The van der Waals surface area contributed by atoms with E-state index in [0.29, 0.717) is 6.61 Å². The van der Waals surface area contributed by atoms with Crippen LogP contribution in [-0.4, -0.2) is 11.6 Å². The van der Waals surface area contributed by atoms with Crippen LogP contribution in [0.25, 0.3) is 10.2 Å². The third-order valence-corrected chi connectivity index (χ3v) is 3.86. The molecule has 84 valence electrons. The third kappa shape index (κ3) is 1.69. The molecule has 3 heteroatoms. The number of hydrogen-bond donors (Lipinski definition) is 0. The molecule has 1 aliphatic rings. The summed E-state index contributed by atoms with van der Waals surface area (Å²) < 4.78 is 6.96. The maximum atomic E-state index is 5.70. The second-order valence-electron chi connectivity index (χ2n) is 4.31. The van der Waals surface area contributed by atoms with Crippen LogP contribution in [0.3, 0.4) is 0 Å². The van der Waals surface area contributed by atoms with Crippen molar-refractivity contribution in [1.82, 2.24) is 4.98 Å². The van der Waals surface area contributed by atoms with E-state index in [1.165, 1.54) is 23.1 Å². The summed E-state index contributed by atoms with van der Waals surface area (Å²) >= 11 is 1.76. The van der Waals surface area contributed by atoms with Gasteiger partial charge in [0.15, 0.2) is 0 Å². The first kappa shape index (κ1) is 10.1. The van der Waals surface area contributed by atoms with E-state index in [-0.39, 0.29) is 0 Å². The summed E-state index contributed by atoms with van der Waals surface area (Å²) in [6.07, 6.45) is 2.66. The molecule has 0 N–H and O–H groups in total. The minimum atomic E-state index is 0.708. The summed E-state index contributed by atoms with van der Waals surface area (Å²) in [6.45, 7) is 4.78. The molecule has 1 aromatic heterocycles. The number of benzene rings is 1. The van der Waals surface area contributed by atoms with Crippen LogP contribution >= 0.6 is 11.3 Å².